The number of benzene rings is 10. The molecule has 119 heavy (non-hydrogen) atoms. The van der Waals surface area contributed by atoms with Crippen molar-refractivity contribution in [2.45, 2.75) is 205 Å². The zero-order chi connectivity index (χ0) is 79.7. The molecule has 0 fully saturated rings. The van der Waals surface area contributed by atoms with Gasteiger partial charge in [0.05, 0.1) is 23.1 Å². The van der Waals surface area contributed by atoms with Crippen molar-refractivity contribution in [3.63, 3.8) is 0 Å². The van der Waals surface area contributed by atoms with Gasteiger partial charge in [0.2, 0.25) is 0 Å². The van der Waals surface area contributed by atoms with Crippen LogP contribution >= 0.6 is 0 Å². The van der Waals surface area contributed by atoms with Crippen LogP contribution in [-0.2, 0) is 0 Å². The maximum absolute atomic E-state index is 12.1. The molecule has 8 heteroatoms. The molecule has 0 unspecified atom stereocenters. The second kappa shape index (κ2) is 56.9. The van der Waals surface area contributed by atoms with Gasteiger partial charge >= 0.3 is 0 Å². The second-order valence-electron chi connectivity index (χ2n) is 28.5. The van der Waals surface area contributed by atoms with Crippen molar-refractivity contribution in [1.29, 1.82) is 0 Å². The number of rotatable bonds is 4. The lowest BCUT2D eigenvalue weighted by molar-refractivity contribution is 0.103. The van der Waals surface area contributed by atoms with E-state index in [2.05, 4.69) is 263 Å². The summed E-state index contributed by atoms with van der Waals surface area (Å²) in [5, 5.41) is 7.87. The summed E-state index contributed by atoms with van der Waals surface area (Å²) >= 11 is 0. The molecule has 1 aliphatic carbocycles. The van der Waals surface area contributed by atoms with Gasteiger partial charge in [0.1, 0.15) is 11.5 Å². The summed E-state index contributed by atoms with van der Waals surface area (Å²) in [6, 6.07) is 84.9. The van der Waals surface area contributed by atoms with E-state index in [-0.39, 0.29) is 72.6 Å². The molecule has 1 N–H and O–H groups in total. The molecule has 0 aliphatic heterocycles. The Morgan fingerprint density at radius 3 is 1.13 bits per heavy atom. The summed E-state index contributed by atoms with van der Waals surface area (Å²) in [6.07, 6.45) is 14.2. The quantitative estimate of drug-likeness (QED) is 0.175. The molecule has 0 atom stereocenters. The molecular formula is C111H146N6O2. The first-order valence-corrected chi connectivity index (χ1v) is 37.5. The number of carbonyl (C=O) groups is 1. The topological polar surface area (TPSA) is 107 Å². The summed E-state index contributed by atoms with van der Waals surface area (Å²) in [7, 11) is 0. The number of aromatic amines is 1. The highest BCUT2D eigenvalue weighted by atomic mass is 16.5. The third-order valence-corrected chi connectivity index (χ3v) is 17.7. The number of ether oxygens (including phenoxy) is 1. The van der Waals surface area contributed by atoms with Crippen molar-refractivity contribution in [2.75, 3.05) is 0 Å². The number of aryl methyl sites for hydroxylation is 19. The van der Waals surface area contributed by atoms with E-state index in [1.54, 1.807) is 6.33 Å². The van der Waals surface area contributed by atoms with Gasteiger partial charge < -0.3 is 9.72 Å². The molecule has 10 aromatic carbocycles. The normalized spacial score (nSPS) is 9.91. The summed E-state index contributed by atoms with van der Waals surface area (Å²) in [4.78, 5) is 35.9. The fourth-order valence-corrected chi connectivity index (χ4v) is 11.5. The molecular weight excluding hydrogens is 1450 g/mol. The molecule has 0 amide bonds. The van der Waals surface area contributed by atoms with E-state index in [0.717, 1.165) is 74.1 Å². The van der Waals surface area contributed by atoms with E-state index in [1.165, 1.54) is 110 Å². The van der Waals surface area contributed by atoms with Crippen LogP contribution < -0.4 is 4.74 Å². The number of aromatic nitrogens is 6. The Morgan fingerprint density at radius 2 is 0.723 bits per heavy atom. The van der Waals surface area contributed by atoms with Crippen LogP contribution in [0.3, 0.4) is 0 Å². The van der Waals surface area contributed by atoms with Gasteiger partial charge in [-0.3, -0.25) is 24.7 Å². The Morgan fingerprint density at radius 1 is 0.336 bits per heavy atom. The molecule has 16 rings (SSSR count). The maximum Gasteiger partial charge on any atom is 0.193 e. The molecule has 1 aliphatic rings. The molecule has 632 valence electrons. The van der Waals surface area contributed by atoms with Crippen molar-refractivity contribution < 1.29 is 9.53 Å². The zero-order valence-corrected chi connectivity index (χ0v) is 68.2. The third kappa shape index (κ3) is 39.5. The number of hydrogen-bond donors (Lipinski definition) is 1. The third-order valence-electron chi connectivity index (χ3n) is 17.7. The predicted molar refractivity (Wildman–Crippen MR) is 530 cm³/mol. The average Bonchev–Trinajstić information content (AvgIpc) is 1.39. The summed E-state index contributed by atoms with van der Waals surface area (Å²) in [5.41, 5.74) is 28.1. The van der Waals surface area contributed by atoms with Gasteiger partial charge in [0.15, 0.2) is 5.78 Å². The Bertz CT molecular complexity index is 5060. The Hall–Kier alpha value is -12.3. The smallest absolute Gasteiger partial charge is 0.193 e. The van der Waals surface area contributed by atoms with Crippen molar-refractivity contribution in [3.05, 3.63) is 427 Å². The number of carbonyl (C=O) groups excluding carboxylic acids is 1. The molecule has 5 heterocycles. The fourth-order valence-electron chi connectivity index (χ4n) is 11.5. The number of allylic oxidation sites excluding steroid dienone is 4. The van der Waals surface area contributed by atoms with Gasteiger partial charge in [-0.2, -0.15) is 0 Å². The Kier molecular flexibility index (Phi) is 53.1. The largest absolute Gasteiger partial charge is 0.458 e. The minimum Gasteiger partial charge on any atom is -0.458 e. The van der Waals surface area contributed by atoms with Gasteiger partial charge in [-0.15, -0.1) is 0 Å². The van der Waals surface area contributed by atoms with Gasteiger partial charge in [-0.05, 0) is 266 Å². The standard InChI is InChI=1S/C15H14O.C14H14O.2C12H12.2C11H11N.C8H10.2C7H9N.C5H8N2.9CH4/c1-11-3-7-13(8-4-11)15(16)14-9-5-12(2)6-10-14;1-11-6-8-13(9-7-11)15-14-5-3-4-12(2)10-14;1-9-3-5-12-8-10(2)4-6-11(12)7-9;1-9-5-3-8-12-10(2)6-4-7-11(9)12;1-8-3-6-11-10(7-8)5-4-9(2)12-11;1-8-3-4-11-10(5-8)6-9(2)7-12-11;1-7-4-3-5-8(2)6-7;1-6-3-7(2)5-8-4-6;1-6-4-3-5-7(2)8-6;1-4-5(2)7-3-6-4;;;;;;;;;/h3-10H,1-2H3;3-6,8-10H,1,7H2,2H3;2*3-8H,1-2H3;2*3-7H,1-2H3;3-6H,1-2H3;2*3-5H,1-2H3;3H,1-2H3,(H,6,7);9*1H4. The lowest BCUT2D eigenvalue weighted by Crippen LogP contribution is -2.00. The summed E-state index contributed by atoms with van der Waals surface area (Å²) < 4.78 is 5.72. The van der Waals surface area contributed by atoms with E-state index in [0.29, 0.717) is 0 Å². The van der Waals surface area contributed by atoms with Crippen LogP contribution in [0, 0.1) is 132 Å². The molecule has 5 aromatic heterocycles. The van der Waals surface area contributed by atoms with Gasteiger partial charge in [0, 0.05) is 63.3 Å². The van der Waals surface area contributed by atoms with E-state index in [9.17, 15) is 4.79 Å². The minimum absolute atomic E-state index is 0. The first-order chi connectivity index (χ1) is 52.6. The monoisotopic (exact) mass is 1600 g/mol. The predicted octanol–water partition coefficient (Wildman–Crippen LogP) is 32.4. The number of nitrogens with one attached hydrogen (secondary N) is 1. The number of ketones is 1. The molecule has 0 saturated heterocycles. The average molecular weight is 1600 g/mol. The number of hydrogen-bond acceptors (Lipinski definition) is 7. The fraction of sp³-hybridized carbons (Fsp3) is 0.261. The van der Waals surface area contributed by atoms with E-state index in [1.807, 2.05) is 190 Å². The van der Waals surface area contributed by atoms with Gasteiger partial charge in [-0.1, -0.05) is 318 Å². The highest BCUT2D eigenvalue weighted by Gasteiger charge is 2.09. The molecule has 0 bridgehead atoms. The summed E-state index contributed by atoms with van der Waals surface area (Å²) in [6.45, 7) is 43.1. The van der Waals surface area contributed by atoms with E-state index in [4.69, 9.17) is 4.74 Å². The molecule has 8 nitrogen and oxygen atoms in total. The Labute approximate surface area is 721 Å². The van der Waals surface area contributed by atoms with Gasteiger partial charge in [-0.25, -0.2) is 4.98 Å². The lowest BCUT2D eigenvalue weighted by Gasteiger charge is -2.10. The maximum atomic E-state index is 12.1. The van der Waals surface area contributed by atoms with Crippen LogP contribution in [0.15, 0.2) is 310 Å². The van der Waals surface area contributed by atoms with Crippen molar-refractivity contribution in [1.82, 2.24) is 29.9 Å². The van der Waals surface area contributed by atoms with E-state index < -0.39 is 0 Å². The van der Waals surface area contributed by atoms with Crippen LogP contribution in [0.4, 0.5) is 0 Å². The number of H-pyrrole nitrogens is 1. The van der Waals surface area contributed by atoms with Crippen LogP contribution in [0.2, 0.25) is 0 Å². The van der Waals surface area contributed by atoms with Crippen LogP contribution in [0.1, 0.15) is 196 Å². The number of nitrogens with zero attached hydrogens (tertiary/aromatic N) is 5. The van der Waals surface area contributed by atoms with Crippen molar-refractivity contribution in [2.24, 2.45) is 0 Å². The summed E-state index contributed by atoms with van der Waals surface area (Å²) in [5.74, 6) is 1.87. The molecule has 0 spiro atoms. The number of imidazole rings is 1. The highest BCUT2D eigenvalue weighted by molar-refractivity contribution is 6.09. The lowest BCUT2D eigenvalue weighted by atomic mass is 10.0. The van der Waals surface area contributed by atoms with Crippen molar-refractivity contribution in [3.8, 4) is 5.75 Å². The highest BCUT2D eigenvalue weighted by Crippen LogP contribution is 2.24. The first kappa shape index (κ1) is 111. The zero-order valence-electron chi connectivity index (χ0n) is 68.2. The van der Waals surface area contributed by atoms with E-state index >= 15 is 0 Å². The number of pyridine rings is 4. The Balaban J connectivity index is -0.00000126. The second-order valence-corrected chi connectivity index (χ2v) is 28.5. The van der Waals surface area contributed by atoms with Crippen LogP contribution in [0.5, 0.6) is 5.75 Å². The molecule has 0 radical (unpaired) electrons. The van der Waals surface area contributed by atoms with Gasteiger partial charge in [0.25, 0.3) is 0 Å². The van der Waals surface area contributed by atoms with Crippen LogP contribution in [0.25, 0.3) is 43.4 Å². The number of fused-ring (bicyclic) bond motifs is 4. The SMILES string of the molecule is C.C.C.C.C.C.C.C.C.C=C1C=CC(Oc2cccc(C)c2)=CC1.Cc1ccc(C(=O)c2ccc(C)cc2)cc1.Cc1ccc2cc(C)ccc2c1.Cc1ccc2nc(C)ccc2c1.Cc1ccc2ncc(C)cc2c1.Cc1cccc(C)c1.Cc1cccc(C)n1.Cc1cccc2c(C)cccc12.Cc1cncc(C)c1.Cc1nc[nH]c1C. The minimum atomic E-state index is 0. The first-order valence-electron chi connectivity index (χ1n) is 37.5. The molecule has 0 saturated carbocycles. The van der Waals surface area contributed by atoms with Crippen LogP contribution in [-0.4, -0.2) is 35.7 Å². The van der Waals surface area contributed by atoms with Crippen molar-refractivity contribution >= 4 is 49.1 Å². The molecule has 15 aromatic rings.